The molecule has 0 spiro atoms. The number of hydrogen-bond acceptors (Lipinski definition) is 4. The number of amides is 1. The molecule has 0 heterocycles. The zero-order valence-corrected chi connectivity index (χ0v) is 18.7. The van der Waals surface area contributed by atoms with E-state index < -0.39 is 28.8 Å². The van der Waals surface area contributed by atoms with Crippen LogP contribution in [0.15, 0.2) is 54.6 Å². The minimum Gasteiger partial charge on any atom is -0.464 e. The Morgan fingerprint density at radius 2 is 1.57 bits per heavy atom. The maximum absolute atomic E-state index is 13.0. The van der Waals surface area contributed by atoms with E-state index >= 15 is 0 Å². The van der Waals surface area contributed by atoms with Crippen molar-refractivity contribution in [2.24, 2.45) is 11.3 Å². The molecular weight excluding hydrogens is 378 g/mol. The topological polar surface area (TPSA) is 75.6 Å². The zero-order chi connectivity index (χ0) is 22.5. The highest BCUT2D eigenvalue weighted by Crippen LogP contribution is 2.43. The minimum absolute atomic E-state index is 0.147. The number of anilines is 1. The van der Waals surface area contributed by atoms with Crippen molar-refractivity contribution < 1.29 is 19.4 Å². The van der Waals surface area contributed by atoms with E-state index in [-0.39, 0.29) is 12.5 Å². The lowest BCUT2D eigenvalue weighted by Crippen LogP contribution is -2.50. The molecule has 5 nitrogen and oxygen atoms in total. The molecule has 2 rings (SSSR count). The van der Waals surface area contributed by atoms with Crippen LogP contribution < -0.4 is 5.32 Å². The number of aliphatic hydroxyl groups is 1. The Bertz CT molecular complexity index is 870. The molecular formula is C25H33NO4. The Kier molecular flexibility index (Phi) is 7.43. The first kappa shape index (κ1) is 23.6. The van der Waals surface area contributed by atoms with Crippen LogP contribution in [0, 0.1) is 11.3 Å². The number of carbonyl (C=O) groups is 2. The second-order valence-electron chi connectivity index (χ2n) is 8.84. The molecule has 0 fully saturated rings. The third-order valence-electron chi connectivity index (χ3n) is 5.26. The van der Waals surface area contributed by atoms with Crippen LogP contribution in [0.2, 0.25) is 0 Å². The lowest BCUT2D eigenvalue weighted by molar-refractivity contribution is -0.172. The first-order valence-corrected chi connectivity index (χ1v) is 10.4. The summed E-state index contributed by atoms with van der Waals surface area (Å²) in [6, 6.07) is 16.6. The molecule has 0 unspecified atom stereocenters. The van der Waals surface area contributed by atoms with Gasteiger partial charge in [0.25, 0.3) is 0 Å². The van der Waals surface area contributed by atoms with Gasteiger partial charge in [-0.05, 0) is 30.0 Å². The standard InChI is InChI=1S/C25H33NO4/c1-7-30-23(28)25(29,17(2)3)21(18-13-9-8-10-14-18)19-15-11-12-16-20(19)26-22(27)24(4,5)6/h8-17,21,29H,7H2,1-6H3,(H,26,27)/t21-,25-/m0/s1. The molecule has 0 saturated heterocycles. The quantitative estimate of drug-likeness (QED) is 0.645. The fourth-order valence-corrected chi connectivity index (χ4v) is 3.42. The van der Waals surface area contributed by atoms with E-state index in [0.29, 0.717) is 11.3 Å². The molecule has 0 saturated carbocycles. The molecule has 30 heavy (non-hydrogen) atoms. The van der Waals surface area contributed by atoms with E-state index in [1.807, 2.05) is 69.3 Å². The van der Waals surface area contributed by atoms with E-state index in [1.54, 1.807) is 26.8 Å². The molecule has 5 heteroatoms. The van der Waals surface area contributed by atoms with Gasteiger partial charge in [0, 0.05) is 11.1 Å². The van der Waals surface area contributed by atoms with Gasteiger partial charge in [-0.3, -0.25) is 4.79 Å². The fraction of sp³-hybridized carbons (Fsp3) is 0.440. The van der Waals surface area contributed by atoms with Crippen LogP contribution in [-0.4, -0.2) is 29.2 Å². The van der Waals surface area contributed by atoms with Gasteiger partial charge < -0.3 is 15.2 Å². The van der Waals surface area contributed by atoms with E-state index in [2.05, 4.69) is 5.32 Å². The number of benzene rings is 2. The normalized spacial score (nSPS) is 14.7. The number of rotatable bonds is 7. The van der Waals surface area contributed by atoms with Crippen LogP contribution >= 0.6 is 0 Å². The van der Waals surface area contributed by atoms with Crippen molar-refractivity contribution in [3.05, 3.63) is 65.7 Å². The summed E-state index contributed by atoms with van der Waals surface area (Å²) in [6.45, 7) is 11.0. The van der Waals surface area contributed by atoms with Crippen LogP contribution in [0.4, 0.5) is 5.69 Å². The third kappa shape index (κ3) is 4.90. The van der Waals surface area contributed by atoms with Gasteiger partial charge in [0.1, 0.15) is 0 Å². The largest absolute Gasteiger partial charge is 0.464 e. The van der Waals surface area contributed by atoms with Crippen molar-refractivity contribution in [1.82, 2.24) is 0 Å². The first-order valence-electron chi connectivity index (χ1n) is 10.4. The Labute approximate surface area is 179 Å². The third-order valence-corrected chi connectivity index (χ3v) is 5.26. The lowest BCUT2D eigenvalue weighted by atomic mass is 9.71. The lowest BCUT2D eigenvalue weighted by Gasteiger charge is -2.38. The molecule has 0 aliphatic carbocycles. The number of para-hydroxylation sites is 1. The zero-order valence-electron chi connectivity index (χ0n) is 18.7. The average Bonchev–Trinajstić information content (AvgIpc) is 2.69. The number of esters is 1. The number of nitrogens with one attached hydrogen (secondary N) is 1. The van der Waals surface area contributed by atoms with Crippen molar-refractivity contribution in [2.75, 3.05) is 11.9 Å². The summed E-state index contributed by atoms with van der Waals surface area (Å²) in [7, 11) is 0. The van der Waals surface area contributed by atoms with Gasteiger partial charge >= 0.3 is 5.97 Å². The molecule has 2 N–H and O–H groups in total. The van der Waals surface area contributed by atoms with Gasteiger partial charge in [-0.2, -0.15) is 0 Å². The molecule has 2 aromatic rings. The molecule has 0 aromatic heterocycles. The molecule has 0 aliphatic rings. The predicted octanol–water partition coefficient (Wildman–Crippen LogP) is 4.75. The van der Waals surface area contributed by atoms with Crippen molar-refractivity contribution in [2.45, 2.75) is 53.1 Å². The van der Waals surface area contributed by atoms with Crippen molar-refractivity contribution >= 4 is 17.6 Å². The van der Waals surface area contributed by atoms with E-state index in [4.69, 9.17) is 4.74 Å². The number of hydrogen-bond donors (Lipinski definition) is 2. The SMILES string of the molecule is CCOC(=O)[C@](O)(C(C)C)[C@@H](c1ccccc1)c1ccccc1NC(=O)C(C)(C)C. The second-order valence-corrected chi connectivity index (χ2v) is 8.84. The highest BCUT2D eigenvalue weighted by molar-refractivity contribution is 5.95. The summed E-state index contributed by atoms with van der Waals surface area (Å²) >= 11 is 0. The number of ether oxygens (including phenoxy) is 1. The summed E-state index contributed by atoms with van der Waals surface area (Å²) in [5.41, 5.74) is -0.426. The van der Waals surface area contributed by atoms with Crippen LogP contribution in [0.3, 0.4) is 0 Å². The Balaban J connectivity index is 2.71. The highest BCUT2D eigenvalue weighted by Gasteiger charge is 2.50. The Morgan fingerprint density at radius 1 is 1.00 bits per heavy atom. The molecule has 0 bridgehead atoms. The van der Waals surface area contributed by atoms with Crippen molar-refractivity contribution in [1.29, 1.82) is 0 Å². The minimum atomic E-state index is -1.82. The Hall–Kier alpha value is -2.66. The summed E-state index contributed by atoms with van der Waals surface area (Å²) in [5.74, 6) is -1.99. The monoisotopic (exact) mass is 411 g/mol. The second kappa shape index (κ2) is 9.43. The average molecular weight is 412 g/mol. The van der Waals surface area contributed by atoms with Crippen LogP contribution in [0.1, 0.15) is 58.6 Å². The van der Waals surface area contributed by atoms with Crippen molar-refractivity contribution in [3.8, 4) is 0 Å². The summed E-state index contributed by atoms with van der Waals surface area (Å²) in [4.78, 5) is 25.7. The predicted molar refractivity (Wildman–Crippen MR) is 119 cm³/mol. The van der Waals surface area contributed by atoms with Gasteiger partial charge in [0.05, 0.1) is 12.5 Å². The van der Waals surface area contributed by atoms with E-state index in [1.165, 1.54) is 0 Å². The van der Waals surface area contributed by atoms with Gasteiger partial charge in [-0.1, -0.05) is 83.1 Å². The van der Waals surface area contributed by atoms with Gasteiger partial charge in [-0.25, -0.2) is 4.79 Å². The molecule has 2 atom stereocenters. The summed E-state index contributed by atoms with van der Waals surface area (Å²) < 4.78 is 5.29. The highest BCUT2D eigenvalue weighted by atomic mass is 16.5. The fourth-order valence-electron chi connectivity index (χ4n) is 3.42. The molecule has 162 valence electrons. The molecule has 2 aromatic carbocycles. The van der Waals surface area contributed by atoms with Gasteiger partial charge in [0.15, 0.2) is 5.60 Å². The van der Waals surface area contributed by atoms with Crippen LogP contribution in [0.25, 0.3) is 0 Å². The molecule has 1 amide bonds. The maximum atomic E-state index is 13.0. The smallest absolute Gasteiger partial charge is 0.339 e. The van der Waals surface area contributed by atoms with Crippen LogP contribution in [0.5, 0.6) is 0 Å². The number of carbonyl (C=O) groups excluding carboxylic acids is 2. The maximum Gasteiger partial charge on any atom is 0.339 e. The van der Waals surface area contributed by atoms with Crippen LogP contribution in [-0.2, 0) is 14.3 Å². The van der Waals surface area contributed by atoms with Gasteiger partial charge in [-0.15, -0.1) is 0 Å². The van der Waals surface area contributed by atoms with Crippen molar-refractivity contribution in [3.63, 3.8) is 0 Å². The van der Waals surface area contributed by atoms with E-state index in [9.17, 15) is 14.7 Å². The summed E-state index contributed by atoms with van der Waals surface area (Å²) in [5, 5.41) is 14.8. The molecule has 0 aliphatic heterocycles. The van der Waals surface area contributed by atoms with E-state index in [0.717, 1.165) is 5.56 Å². The van der Waals surface area contributed by atoms with Gasteiger partial charge in [0.2, 0.25) is 5.91 Å². The Morgan fingerprint density at radius 3 is 2.10 bits per heavy atom. The summed E-state index contributed by atoms with van der Waals surface area (Å²) in [6.07, 6.45) is 0. The molecule has 0 radical (unpaired) electrons. The first-order chi connectivity index (χ1) is 14.0.